The second-order valence-corrected chi connectivity index (χ2v) is 16.7. The highest BCUT2D eigenvalue weighted by atomic mass is 32.7. The second-order valence-electron chi connectivity index (χ2n) is 11.0. The Morgan fingerprint density at radius 2 is 1.40 bits per heavy atom. The number of fused-ring (bicyclic) bond motifs is 7. The molecule has 24 heteroatoms. The highest BCUT2D eigenvalue weighted by molar-refractivity contribution is 8.44. The van der Waals surface area contributed by atoms with Crippen LogP contribution in [0.4, 0.5) is 20.4 Å². The van der Waals surface area contributed by atoms with Crippen LogP contribution < -0.4 is 10.6 Å². The zero-order chi connectivity index (χ0) is 33.2. The molecule has 4 aliphatic rings. The number of hydrogen-bond acceptors (Lipinski definition) is 16. The third-order valence-electron chi connectivity index (χ3n) is 8.05. The first-order chi connectivity index (χ1) is 23.1. The minimum atomic E-state index is -4.42. The zero-order valence-corrected chi connectivity index (χ0v) is 27.8. The summed E-state index contributed by atoms with van der Waals surface area (Å²) < 4.78 is 82.8. The number of nitrogens with one attached hydrogen (secondary N) is 2. The molecule has 8 rings (SSSR count). The minimum Gasteiger partial charge on any atom is -0.365 e. The average Bonchev–Trinajstić information content (AvgIpc) is 3.81. The molecule has 0 aliphatic carbocycles. The molecule has 3 saturated heterocycles. The van der Waals surface area contributed by atoms with Crippen LogP contribution in [0.2, 0.25) is 0 Å². The maximum Gasteiger partial charge on any atom is 0.386 e. The summed E-state index contributed by atoms with van der Waals surface area (Å²) >= 11 is 9.29. The number of ether oxygens (including phenoxy) is 2. The van der Waals surface area contributed by atoms with Crippen molar-refractivity contribution in [3.8, 4) is 0 Å². The Balaban J connectivity index is 1.23. The van der Waals surface area contributed by atoms with E-state index in [2.05, 4.69) is 52.8 Å². The van der Waals surface area contributed by atoms with E-state index in [1.807, 2.05) is 12.2 Å². The van der Waals surface area contributed by atoms with Gasteiger partial charge in [-0.3, -0.25) is 22.7 Å². The van der Waals surface area contributed by atoms with Gasteiger partial charge in [0.1, 0.15) is 37.1 Å². The molecule has 0 saturated carbocycles. The highest BCUT2D eigenvalue weighted by Gasteiger charge is 2.54. The zero-order valence-electron chi connectivity index (χ0n) is 24.3. The number of thiol groups is 1. The van der Waals surface area contributed by atoms with E-state index in [1.165, 1.54) is 34.4 Å². The van der Waals surface area contributed by atoms with Crippen molar-refractivity contribution in [2.45, 2.75) is 49.2 Å². The third-order valence-corrected chi connectivity index (χ3v) is 11.2. The number of alkyl halides is 2. The van der Waals surface area contributed by atoms with Crippen molar-refractivity contribution >= 4 is 71.5 Å². The third kappa shape index (κ3) is 5.91. The van der Waals surface area contributed by atoms with Gasteiger partial charge in [-0.05, 0) is 11.8 Å². The van der Waals surface area contributed by atoms with E-state index in [1.54, 1.807) is 0 Å². The fourth-order valence-electron chi connectivity index (χ4n) is 5.86. The molecule has 3 N–H and O–H groups in total. The van der Waals surface area contributed by atoms with Crippen molar-refractivity contribution in [1.82, 2.24) is 39.0 Å². The van der Waals surface area contributed by atoms with Crippen LogP contribution in [0.3, 0.4) is 0 Å². The molecule has 0 spiro atoms. The van der Waals surface area contributed by atoms with Crippen LogP contribution in [0.25, 0.3) is 22.3 Å². The van der Waals surface area contributed by atoms with Crippen molar-refractivity contribution in [3.05, 3.63) is 37.5 Å². The predicted octanol–water partition coefficient (Wildman–Crippen LogP) is 2.60. The molecule has 10 atom stereocenters. The van der Waals surface area contributed by atoms with E-state index in [-0.39, 0.29) is 11.3 Å². The van der Waals surface area contributed by atoms with Gasteiger partial charge in [0, 0.05) is 13.1 Å². The Morgan fingerprint density at radius 3 is 2.04 bits per heavy atom. The van der Waals surface area contributed by atoms with Crippen LogP contribution in [-0.4, -0.2) is 107 Å². The van der Waals surface area contributed by atoms with Crippen molar-refractivity contribution in [3.63, 3.8) is 0 Å². The number of rotatable bonds is 0. The predicted molar refractivity (Wildman–Crippen MR) is 169 cm³/mol. The number of anilines is 2. The number of nitrogens with zero attached hydrogens (tertiary/aromatic N) is 8. The molecular weight excluding hydrogens is 720 g/mol. The number of imidazole rings is 2. The Bertz CT molecular complexity index is 1990. The smallest absolute Gasteiger partial charge is 0.365 e. The number of hydrogen-bond donors (Lipinski definition) is 4. The lowest BCUT2D eigenvalue weighted by molar-refractivity contribution is -0.0578. The summed E-state index contributed by atoms with van der Waals surface area (Å²) in [5.74, 6) is 0.756. The molecule has 0 amide bonds. The monoisotopic (exact) mass is 746 g/mol. The summed E-state index contributed by atoms with van der Waals surface area (Å²) in [7, 11) is 0. The average molecular weight is 747 g/mol. The topological polar surface area (TPSA) is 204 Å². The largest absolute Gasteiger partial charge is 0.386 e. The first-order valence-electron chi connectivity index (χ1n) is 14.5. The van der Waals surface area contributed by atoms with Gasteiger partial charge in [0.2, 0.25) is 0 Å². The van der Waals surface area contributed by atoms with E-state index in [0.717, 1.165) is 0 Å². The van der Waals surface area contributed by atoms with Crippen LogP contribution in [0.5, 0.6) is 0 Å². The maximum atomic E-state index is 16.3. The lowest BCUT2D eigenvalue weighted by atomic mass is 10.1. The van der Waals surface area contributed by atoms with Crippen molar-refractivity contribution in [1.29, 1.82) is 0 Å². The Kier molecular flexibility index (Phi) is 8.48. The van der Waals surface area contributed by atoms with E-state index < -0.39 is 75.9 Å². The van der Waals surface area contributed by atoms with Crippen molar-refractivity contribution in [2.75, 3.05) is 36.9 Å². The van der Waals surface area contributed by atoms with Crippen molar-refractivity contribution < 1.29 is 45.8 Å². The van der Waals surface area contributed by atoms with Gasteiger partial charge in [-0.15, -0.1) is 0 Å². The van der Waals surface area contributed by atoms with Crippen LogP contribution >= 0.6 is 25.8 Å². The fraction of sp³-hybridized carbons (Fsp3) is 0.500. The van der Waals surface area contributed by atoms with E-state index >= 15 is 8.78 Å². The molecule has 4 aliphatic heterocycles. The molecule has 0 radical (unpaired) electrons. The van der Waals surface area contributed by atoms with Gasteiger partial charge in [-0.1, -0.05) is 24.4 Å². The number of aromatic nitrogens is 8. The van der Waals surface area contributed by atoms with Crippen LogP contribution in [0, 0.1) is 0 Å². The Labute approximate surface area is 279 Å². The first kappa shape index (κ1) is 32.5. The lowest BCUT2D eigenvalue weighted by Gasteiger charge is -2.26. The summed E-state index contributed by atoms with van der Waals surface area (Å²) in [6.45, 7) is -9.27. The van der Waals surface area contributed by atoms with Gasteiger partial charge in [0.15, 0.2) is 58.8 Å². The summed E-state index contributed by atoms with van der Waals surface area (Å²) in [6, 6.07) is 0. The van der Waals surface area contributed by atoms with E-state index in [0.29, 0.717) is 35.8 Å². The quantitative estimate of drug-likeness (QED) is 0.116. The van der Waals surface area contributed by atoms with Crippen molar-refractivity contribution in [2.24, 2.45) is 0 Å². The minimum absolute atomic E-state index is 0.224. The maximum absolute atomic E-state index is 16.3. The van der Waals surface area contributed by atoms with Crippen LogP contribution in [-0.2, 0) is 43.9 Å². The van der Waals surface area contributed by atoms with Gasteiger partial charge >= 0.3 is 13.5 Å². The first-order valence-corrected chi connectivity index (χ1v) is 19.8. The van der Waals surface area contributed by atoms with E-state index in [4.69, 9.17) is 39.4 Å². The van der Waals surface area contributed by atoms with Gasteiger partial charge in [0.25, 0.3) is 0 Å². The molecule has 8 heterocycles. The second kappa shape index (κ2) is 12.5. The van der Waals surface area contributed by atoms with Crippen LogP contribution in [0.15, 0.2) is 37.5 Å². The molecule has 3 fully saturated rings. The molecule has 3 unspecified atom stereocenters. The Morgan fingerprint density at radius 1 is 0.812 bits per heavy atom. The molecule has 0 aromatic carbocycles. The molecule has 4 aromatic heterocycles. The van der Waals surface area contributed by atoms with Gasteiger partial charge in [0.05, 0.1) is 25.9 Å². The van der Waals surface area contributed by atoms with Gasteiger partial charge in [-0.2, -0.15) is 0 Å². The number of halogens is 2. The summed E-state index contributed by atoms with van der Waals surface area (Å²) in [4.78, 5) is 36.9. The van der Waals surface area contributed by atoms with Gasteiger partial charge < -0.3 is 29.5 Å². The summed E-state index contributed by atoms with van der Waals surface area (Å²) in [5, 5.41) is 6.31. The Hall–Kier alpha value is -2.75. The standard InChI is InChI=1S/C24H26F2N10O8P2S2/c25-13-11-5-39-45(37,47)43-17-12-6-40-46(38,48)44-18(13)24(41-11)36-10-34-16-20(30-8-32-22(16)36)28-4-2-1-3-27-19-15-21(31-7-29-19)35(9-33-15)23(42-12)14(17)26/h1-2,7-14,17-18,23-24H,3-6H2,(H,37,47)(H,38,48)(H,27,29,31)(H,28,30,32)/b2-1+/t11-,12-,13?,14-,17-,18-,23-,24-,45?,46?/m1/s1. The normalized spacial score (nSPS) is 38.0. The van der Waals surface area contributed by atoms with E-state index in [9.17, 15) is 9.46 Å². The highest BCUT2D eigenvalue weighted by Crippen LogP contribution is 2.59. The fourth-order valence-corrected chi connectivity index (χ4v) is 8.75. The molecular formula is C24H26F2N10O8P2S2. The molecule has 4 aromatic rings. The SMILES string of the molecule is O=P1(S)OC[C@H]2O[C@@H]3[C@H](F)[C@@H]2OP(O)(=S)OC[C@H]2O[C@H]([C@H](O1)C2F)n1cnc2c(ncnc21)NC/C=C/CNc1ncnc2c1ncn23. The molecule has 256 valence electrons. The van der Waals surface area contributed by atoms with Gasteiger partial charge in [-0.25, -0.2) is 43.2 Å². The molecule has 48 heavy (non-hydrogen) atoms. The molecule has 18 nitrogen and oxygen atoms in total. The summed E-state index contributed by atoms with van der Waals surface area (Å²) in [5.41, 5.74) is 1.12. The summed E-state index contributed by atoms with van der Waals surface area (Å²) in [6.07, 6.45) is -3.77. The molecule has 12 bridgehead atoms. The lowest BCUT2D eigenvalue weighted by Crippen LogP contribution is -2.34. The van der Waals surface area contributed by atoms with Crippen LogP contribution in [0.1, 0.15) is 12.5 Å².